The number of benzene rings is 4. The normalized spacial score (nSPS) is 11.9. The molecule has 0 spiro atoms. The molecule has 0 bridgehead atoms. The highest BCUT2D eigenvalue weighted by molar-refractivity contribution is 5.87. The zero-order chi connectivity index (χ0) is 29.6. The second-order valence-corrected chi connectivity index (χ2v) is 10.9. The molecule has 218 valence electrons. The Morgan fingerprint density at radius 1 is 0.810 bits per heavy atom. The maximum atomic E-state index is 11.3. The molecule has 4 rings (SSSR count). The van der Waals surface area contributed by atoms with E-state index in [1.54, 1.807) is 12.1 Å². The lowest BCUT2D eigenvalue weighted by molar-refractivity contribution is -0.107. The van der Waals surface area contributed by atoms with Gasteiger partial charge in [0.1, 0.15) is 6.29 Å². The number of hydrogen-bond donors (Lipinski definition) is 1. The van der Waals surface area contributed by atoms with Crippen LogP contribution in [0.5, 0.6) is 0 Å². The van der Waals surface area contributed by atoms with E-state index in [9.17, 15) is 14.7 Å². The number of rotatable bonds is 17. The van der Waals surface area contributed by atoms with Gasteiger partial charge in [-0.25, -0.2) is 4.79 Å². The molecule has 0 radical (unpaired) electrons. The van der Waals surface area contributed by atoms with Crippen LogP contribution in [0.3, 0.4) is 0 Å². The molecule has 0 saturated carbocycles. The molecule has 1 atom stereocenters. The van der Waals surface area contributed by atoms with Crippen molar-refractivity contribution in [1.29, 1.82) is 0 Å². The average molecular weight is 564 g/mol. The van der Waals surface area contributed by atoms with Crippen LogP contribution in [0.15, 0.2) is 103 Å². The lowest BCUT2D eigenvalue weighted by atomic mass is 10.0. The van der Waals surface area contributed by atoms with Crippen molar-refractivity contribution in [3.63, 3.8) is 0 Å². The molecule has 42 heavy (non-hydrogen) atoms. The zero-order valence-electron chi connectivity index (χ0n) is 24.5. The Kier molecular flexibility index (Phi) is 12.1. The van der Waals surface area contributed by atoms with Crippen molar-refractivity contribution in [3.8, 4) is 0 Å². The van der Waals surface area contributed by atoms with E-state index in [0.29, 0.717) is 26.1 Å². The first-order valence-electron chi connectivity index (χ1n) is 14.8. The largest absolute Gasteiger partial charge is 0.478 e. The van der Waals surface area contributed by atoms with Gasteiger partial charge in [-0.3, -0.25) is 4.90 Å². The van der Waals surface area contributed by atoms with E-state index >= 15 is 0 Å². The molecule has 0 fully saturated rings. The van der Waals surface area contributed by atoms with Crippen molar-refractivity contribution in [3.05, 3.63) is 142 Å². The summed E-state index contributed by atoms with van der Waals surface area (Å²) in [6.07, 6.45) is 5.15. The summed E-state index contributed by atoms with van der Waals surface area (Å²) in [7, 11) is 0. The summed E-state index contributed by atoms with van der Waals surface area (Å²) >= 11 is 0. The lowest BCUT2D eigenvalue weighted by Crippen LogP contribution is -2.30. The van der Waals surface area contributed by atoms with Crippen LogP contribution in [0, 0.1) is 6.92 Å². The standard InChI is InChI=1S/C37H41NO4/c1-29-9-8-12-35(25-29)36(42-28-33-17-15-31(16-18-33)14-13-30-10-4-2-5-11-30)27-38(23-6-3-7-24-39)26-32-19-21-34(22-20-32)37(40)41/h2,4-5,8-12,15-22,24-25,36H,3,6-7,13-14,23,26-28H2,1H3,(H,40,41). The summed E-state index contributed by atoms with van der Waals surface area (Å²) in [5, 5.41) is 9.28. The van der Waals surface area contributed by atoms with Crippen LogP contribution in [-0.4, -0.2) is 35.4 Å². The number of ether oxygens (including phenoxy) is 1. The van der Waals surface area contributed by atoms with Crippen LogP contribution >= 0.6 is 0 Å². The number of aromatic carboxylic acids is 1. The number of unbranched alkanes of at least 4 members (excludes halogenated alkanes) is 2. The second-order valence-electron chi connectivity index (χ2n) is 10.9. The fourth-order valence-electron chi connectivity index (χ4n) is 5.10. The molecule has 0 aliphatic rings. The van der Waals surface area contributed by atoms with Crippen LogP contribution in [0.1, 0.15) is 69.1 Å². The fraction of sp³-hybridized carbons (Fsp3) is 0.297. The van der Waals surface area contributed by atoms with Gasteiger partial charge in [0.25, 0.3) is 0 Å². The Morgan fingerprint density at radius 2 is 1.48 bits per heavy atom. The fourth-order valence-corrected chi connectivity index (χ4v) is 5.10. The number of carbonyl (C=O) groups is 2. The van der Waals surface area contributed by atoms with Gasteiger partial charge in [-0.2, -0.15) is 0 Å². The summed E-state index contributed by atoms with van der Waals surface area (Å²) in [6.45, 7) is 4.76. The molecule has 0 aliphatic carbocycles. The van der Waals surface area contributed by atoms with Gasteiger partial charge in [0.05, 0.1) is 18.3 Å². The molecule has 1 unspecified atom stereocenters. The van der Waals surface area contributed by atoms with Gasteiger partial charge >= 0.3 is 5.97 Å². The zero-order valence-corrected chi connectivity index (χ0v) is 24.5. The quantitative estimate of drug-likeness (QED) is 0.106. The molecule has 1 N–H and O–H groups in total. The van der Waals surface area contributed by atoms with Gasteiger partial charge in [0, 0.05) is 19.5 Å². The maximum Gasteiger partial charge on any atom is 0.335 e. The van der Waals surface area contributed by atoms with Gasteiger partial charge < -0.3 is 14.6 Å². The Hall–Kier alpha value is -4.06. The number of aldehydes is 1. The smallest absolute Gasteiger partial charge is 0.335 e. The van der Waals surface area contributed by atoms with Crippen molar-refractivity contribution in [2.45, 2.75) is 58.3 Å². The number of hydrogen-bond acceptors (Lipinski definition) is 4. The Balaban J connectivity index is 1.44. The van der Waals surface area contributed by atoms with E-state index in [4.69, 9.17) is 4.74 Å². The van der Waals surface area contributed by atoms with Gasteiger partial charge in [0.15, 0.2) is 0 Å². The van der Waals surface area contributed by atoms with Gasteiger partial charge in [-0.1, -0.05) is 96.6 Å². The van der Waals surface area contributed by atoms with E-state index in [2.05, 4.69) is 84.6 Å². The van der Waals surface area contributed by atoms with Crippen molar-refractivity contribution < 1.29 is 19.4 Å². The Morgan fingerprint density at radius 3 is 2.14 bits per heavy atom. The van der Waals surface area contributed by atoms with Crippen molar-refractivity contribution in [1.82, 2.24) is 4.90 Å². The monoisotopic (exact) mass is 563 g/mol. The molecule has 5 nitrogen and oxygen atoms in total. The highest BCUT2D eigenvalue weighted by Crippen LogP contribution is 2.24. The maximum absolute atomic E-state index is 11.3. The van der Waals surface area contributed by atoms with E-state index in [-0.39, 0.29) is 11.7 Å². The second kappa shape index (κ2) is 16.4. The summed E-state index contributed by atoms with van der Waals surface area (Å²) in [4.78, 5) is 24.5. The molecular weight excluding hydrogens is 522 g/mol. The highest BCUT2D eigenvalue weighted by atomic mass is 16.5. The summed E-state index contributed by atoms with van der Waals surface area (Å²) in [5.74, 6) is -0.926. The first-order chi connectivity index (χ1) is 20.5. The van der Waals surface area contributed by atoms with E-state index in [1.165, 1.54) is 16.7 Å². The number of carboxylic acid groups (broad SMARTS) is 1. The number of aryl methyl sites for hydroxylation is 3. The third-order valence-electron chi connectivity index (χ3n) is 7.51. The first kappa shape index (κ1) is 30.9. The van der Waals surface area contributed by atoms with Crippen LogP contribution in [0.2, 0.25) is 0 Å². The van der Waals surface area contributed by atoms with Crippen molar-refractivity contribution in [2.24, 2.45) is 0 Å². The average Bonchev–Trinajstić information content (AvgIpc) is 3.01. The van der Waals surface area contributed by atoms with Gasteiger partial charge in [-0.15, -0.1) is 0 Å². The van der Waals surface area contributed by atoms with E-state index in [0.717, 1.165) is 55.2 Å². The number of nitrogens with zero attached hydrogens (tertiary/aromatic N) is 1. The van der Waals surface area contributed by atoms with Crippen LogP contribution in [0.4, 0.5) is 0 Å². The minimum atomic E-state index is -0.926. The van der Waals surface area contributed by atoms with Crippen molar-refractivity contribution in [2.75, 3.05) is 13.1 Å². The lowest BCUT2D eigenvalue weighted by Gasteiger charge is -2.28. The van der Waals surface area contributed by atoms with Gasteiger partial charge in [-0.05, 0) is 79.1 Å². The van der Waals surface area contributed by atoms with Crippen LogP contribution in [-0.2, 0) is 35.5 Å². The van der Waals surface area contributed by atoms with Gasteiger partial charge in [0.2, 0.25) is 0 Å². The third-order valence-corrected chi connectivity index (χ3v) is 7.51. The minimum absolute atomic E-state index is 0.146. The third kappa shape index (κ3) is 10.1. The predicted molar refractivity (Wildman–Crippen MR) is 168 cm³/mol. The molecule has 0 aliphatic heterocycles. The Labute approximate surface area is 249 Å². The number of carbonyl (C=O) groups excluding carboxylic acids is 1. The Bertz CT molecular complexity index is 1380. The summed E-state index contributed by atoms with van der Waals surface area (Å²) in [6, 6.07) is 34.8. The molecule has 0 heterocycles. The predicted octanol–water partition coefficient (Wildman–Crippen LogP) is 7.61. The van der Waals surface area contributed by atoms with Crippen molar-refractivity contribution >= 4 is 12.3 Å². The van der Waals surface area contributed by atoms with Crippen LogP contribution in [0.25, 0.3) is 0 Å². The molecule has 0 amide bonds. The summed E-state index contributed by atoms with van der Waals surface area (Å²) in [5.41, 5.74) is 7.44. The molecular formula is C37H41NO4. The van der Waals surface area contributed by atoms with Crippen LogP contribution < -0.4 is 0 Å². The first-order valence-corrected chi connectivity index (χ1v) is 14.8. The highest BCUT2D eigenvalue weighted by Gasteiger charge is 2.18. The minimum Gasteiger partial charge on any atom is -0.478 e. The number of carboxylic acids is 1. The topological polar surface area (TPSA) is 66.8 Å². The van der Waals surface area contributed by atoms with E-state index < -0.39 is 5.97 Å². The molecule has 4 aromatic rings. The molecule has 5 heteroatoms. The van der Waals surface area contributed by atoms with E-state index in [1.807, 2.05) is 18.2 Å². The molecule has 4 aromatic carbocycles. The molecule has 0 aromatic heterocycles. The summed E-state index contributed by atoms with van der Waals surface area (Å²) < 4.78 is 6.61. The molecule has 0 saturated heterocycles. The SMILES string of the molecule is Cc1cccc(C(CN(CCCCC=O)Cc2ccc(C(=O)O)cc2)OCc2ccc(CCc3ccccc3)cc2)c1.